The van der Waals surface area contributed by atoms with Crippen LogP contribution in [-0.2, 0) is 60.8 Å². The summed E-state index contributed by atoms with van der Waals surface area (Å²) in [6.45, 7) is 15.2. The summed E-state index contributed by atoms with van der Waals surface area (Å²) in [6.07, 6.45) is -1.76. The number of carbonyl (C=O) groups is 10. The van der Waals surface area contributed by atoms with Gasteiger partial charge in [-0.05, 0) is 92.5 Å². The molecule has 2 aromatic carbocycles. The number of hydrogen-bond acceptors (Lipinski definition) is 14. The van der Waals surface area contributed by atoms with Crippen LogP contribution < -0.4 is 59.7 Å². The zero-order chi connectivity index (χ0) is 59.0. The highest BCUT2D eigenvalue weighted by atomic mass is 16.4. The van der Waals surface area contributed by atoms with Crippen LogP contribution in [0.3, 0.4) is 0 Å². The van der Waals surface area contributed by atoms with Crippen LogP contribution in [0.4, 0.5) is 0 Å². The van der Waals surface area contributed by atoms with E-state index >= 15 is 0 Å². The van der Waals surface area contributed by atoms with Crippen LogP contribution in [0.2, 0.25) is 0 Å². The summed E-state index contributed by atoms with van der Waals surface area (Å²) in [6, 6.07) is 2.04. The summed E-state index contributed by atoms with van der Waals surface area (Å²) in [5.74, 6) is -10.7. The summed E-state index contributed by atoms with van der Waals surface area (Å²) < 4.78 is 0. The molecule has 0 bridgehead atoms. The van der Waals surface area contributed by atoms with Gasteiger partial charge in [0.2, 0.25) is 53.2 Å². The Balaban J connectivity index is 2.41. The number of aliphatic carboxylic acids is 1. The lowest BCUT2D eigenvalue weighted by molar-refractivity contribution is -0.143. The van der Waals surface area contributed by atoms with E-state index in [-0.39, 0.29) is 62.2 Å². The van der Waals surface area contributed by atoms with Crippen molar-refractivity contribution < 1.29 is 63.3 Å². The van der Waals surface area contributed by atoms with Gasteiger partial charge in [0.1, 0.15) is 54.1 Å². The Morgan fingerprint density at radius 1 is 0.487 bits per heavy atom. The first-order valence-corrected chi connectivity index (χ1v) is 26.4. The van der Waals surface area contributed by atoms with Gasteiger partial charge >= 0.3 is 5.97 Å². The van der Waals surface area contributed by atoms with E-state index in [0.717, 1.165) is 6.92 Å². The van der Waals surface area contributed by atoms with Gasteiger partial charge in [-0.15, -0.1) is 0 Å². The SMILES string of the molecule is CC(C)C[C@H](NC(=O)[C@H](Cc1ccccc1)NC(=O)[C@@H](NC(=O)[C@H](CC(N)=O)NC(=O)[C@@H](NC(=O)[C@H](CCCCN)NC(=O)[C@H](CC(C)C)NC(=O)[C@H](Cc1ccc(O)cc1)NC(=O)[C@@H](N)C(C)C)[C@@H](C)O)C(C)C)C(=O)O. The Labute approximate surface area is 456 Å². The van der Waals surface area contributed by atoms with Crippen LogP contribution in [0.15, 0.2) is 54.6 Å². The van der Waals surface area contributed by atoms with Gasteiger partial charge in [-0.3, -0.25) is 43.2 Å². The highest BCUT2D eigenvalue weighted by Gasteiger charge is 2.37. The Morgan fingerprint density at radius 2 is 0.910 bits per heavy atom. The zero-order valence-corrected chi connectivity index (χ0v) is 46.3. The summed E-state index contributed by atoms with van der Waals surface area (Å²) >= 11 is 0. The number of phenolic OH excluding ortho intramolecular Hbond substituents is 1. The predicted octanol–water partition coefficient (Wildman–Crippen LogP) is -0.743. The van der Waals surface area contributed by atoms with Crippen LogP contribution in [0.1, 0.15) is 112 Å². The van der Waals surface area contributed by atoms with E-state index in [9.17, 15) is 63.3 Å². The third kappa shape index (κ3) is 23.6. The second kappa shape index (κ2) is 33.2. The lowest BCUT2D eigenvalue weighted by Gasteiger charge is -2.29. The van der Waals surface area contributed by atoms with Crippen LogP contribution in [0.25, 0.3) is 0 Å². The molecule has 24 nitrogen and oxygen atoms in total. The normalized spacial score (nSPS) is 15.2. The lowest BCUT2D eigenvalue weighted by atomic mass is 9.99. The van der Waals surface area contributed by atoms with E-state index in [0.29, 0.717) is 24.0 Å². The molecule has 0 aliphatic carbocycles. The molecule has 9 amide bonds. The smallest absolute Gasteiger partial charge is 0.326 e. The number of nitrogens with two attached hydrogens (primary N) is 3. The summed E-state index contributed by atoms with van der Waals surface area (Å²) in [5.41, 5.74) is 18.5. The van der Waals surface area contributed by atoms with Gasteiger partial charge in [-0.1, -0.05) is 97.9 Å². The average Bonchev–Trinajstić information content (AvgIpc) is 3.35. The molecular weight excluding hydrogens is 1010 g/mol. The third-order valence-electron chi connectivity index (χ3n) is 12.5. The van der Waals surface area contributed by atoms with Gasteiger partial charge in [0.05, 0.1) is 18.6 Å². The molecule has 0 heterocycles. The number of unbranched alkanes of at least 4 members (excludes halogenated alkanes) is 1. The van der Waals surface area contributed by atoms with Gasteiger partial charge < -0.3 is 75.1 Å². The first kappa shape index (κ1) is 66.9. The fourth-order valence-electron chi connectivity index (χ4n) is 8.06. The molecule has 434 valence electrons. The van der Waals surface area contributed by atoms with Crippen molar-refractivity contribution in [1.82, 2.24) is 42.5 Å². The molecule has 0 aromatic heterocycles. The fraction of sp³-hybridized carbons (Fsp3) is 0.593. The number of carboxylic acids is 1. The maximum Gasteiger partial charge on any atom is 0.326 e. The van der Waals surface area contributed by atoms with Crippen LogP contribution >= 0.6 is 0 Å². The number of rotatable bonds is 34. The molecule has 0 unspecified atom stereocenters. The lowest BCUT2D eigenvalue weighted by Crippen LogP contribution is -2.62. The minimum absolute atomic E-state index is 0.0222. The van der Waals surface area contributed by atoms with Crippen molar-refractivity contribution in [2.45, 2.75) is 174 Å². The maximum absolute atomic E-state index is 14.2. The quantitative estimate of drug-likeness (QED) is 0.0384. The van der Waals surface area contributed by atoms with E-state index in [1.165, 1.54) is 12.1 Å². The van der Waals surface area contributed by atoms with Crippen molar-refractivity contribution in [2.24, 2.45) is 40.9 Å². The van der Waals surface area contributed by atoms with E-state index in [4.69, 9.17) is 17.2 Å². The Hall–Kier alpha value is -7.18. The number of aromatic hydroxyl groups is 1. The number of aliphatic hydroxyl groups is 1. The first-order valence-electron chi connectivity index (χ1n) is 26.4. The number of aliphatic hydroxyl groups excluding tert-OH is 1. The molecule has 0 saturated carbocycles. The van der Waals surface area contributed by atoms with Crippen LogP contribution in [0.5, 0.6) is 5.75 Å². The molecule has 0 fully saturated rings. The molecule has 10 atom stereocenters. The Morgan fingerprint density at radius 3 is 1.40 bits per heavy atom. The standard InChI is InChI=1S/C54H85N11O13/c1-28(2)23-37(59-48(71)38(60-51(74)43(57)30(5)6)26-34-18-20-35(67)21-19-34)47(70)58-36(17-13-14-22-55)46(69)65-45(32(9)66)53(76)62-40(27-42(56)68)50(73)64-44(31(7)8)52(75)61-39(25-33-15-11-10-12-16-33)49(72)63-41(54(77)78)24-29(3)4/h10-12,15-16,18-21,28-32,36-41,43-45,66-67H,13-14,17,22-27,55,57H2,1-9H3,(H2,56,68)(H,58,70)(H,59,71)(H,60,74)(H,61,75)(H,62,76)(H,63,72)(H,64,73)(H,65,69)(H,77,78)/t32-,36+,37+,38+,39+,40+,41+,43+,44+,45+/m1/s1. The van der Waals surface area contributed by atoms with Crippen molar-refractivity contribution in [3.63, 3.8) is 0 Å². The molecule has 17 N–H and O–H groups in total. The highest BCUT2D eigenvalue weighted by molar-refractivity contribution is 5.99. The van der Waals surface area contributed by atoms with Crippen molar-refractivity contribution in [3.05, 3.63) is 65.7 Å². The van der Waals surface area contributed by atoms with E-state index in [1.807, 2.05) is 0 Å². The summed E-state index contributed by atoms with van der Waals surface area (Å²) in [5, 5.41) is 50.9. The number of amides is 9. The van der Waals surface area contributed by atoms with Crippen LogP contribution in [0, 0.1) is 23.7 Å². The minimum atomic E-state index is -1.82. The number of phenols is 1. The molecule has 24 heteroatoms. The van der Waals surface area contributed by atoms with Gasteiger partial charge in [0, 0.05) is 12.8 Å². The molecule has 2 aromatic rings. The third-order valence-corrected chi connectivity index (χ3v) is 12.5. The molecular formula is C54H85N11O13. The molecule has 2 rings (SSSR count). The number of primary amides is 1. The minimum Gasteiger partial charge on any atom is -0.508 e. The van der Waals surface area contributed by atoms with Gasteiger partial charge in [0.15, 0.2) is 0 Å². The predicted molar refractivity (Wildman–Crippen MR) is 290 cm³/mol. The fourth-order valence-corrected chi connectivity index (χ4v) is 8.06. The van der Waals surface area contributed by atoms with E-state index in [1.54, 1.807) is 97.9 Å². The van der Waals surface area contributed by atoms with Crippen molar-refractivity contribution in [3.8, 4) is 5.75 Å². The van der Waals surface area contributed by atoms with Crippen molar-refractivity contribution >= 4 is 59.1 Å². The number of carboxylic acid groups (broad SMARTS) is 1. The Kier molecular flexibility index (Phi) is 28.5. The topological polar surface area (TPSA) is 406 Å². The number of nitrogens with one attached hydrogen (secondary N) is 8. The van der Waals surface area contributed by atoms with Crippen molar-refractivity contribution in [1.29, 1.82) is 0 Å². The monoisotopic (exact) mass is 1100 g/mol. The van der Waals surface area contributed by atoms with Crippen molar-refractivity contribution in [2.75, 3.05) is 6.54 Å². The maximum atomic E-state index is 14.2. The molecule has 0 aliphatic heterocycles. The average molecular weight is 1100 g/mol. The number of benzene rings is 2. The highest BCUT2D eigenvalue weighted by Crippen LogP contribution is 2.15. The molecule has 0 aliphatic rings. The number of hydrogen-bond donors (Lipinski definition) is 14. The second-order valence-electron chi connectivity index (χ2n) is 21.2. The largest absolute Gasteiger partial charge is 0.508 e. The molecule has 0 spiro atoms. The molecule has 0 saturated heterocycles. The van der Waals surface area contributed by atoms with Gasteiger partial charge in [0.25, 0.3) is 0 Å². The van der Waals surface area contributed by atoms with Gasteiger partial charge in [-0.25, -0.2) is 4.79 Å². The number of carbonyl (C=O) groups excluding carboxylic acids is 9. The zero-order valence-electron chi connectivity index (χ0n) is 46.3. The van der Waals surface area contributed by atoms with E-state index < -0.39 is 132 Å². The first-order chi connectivity index (χ1) is 36.5. The van der Waals surface area contributed by atoms with E-state index in [2.05, 4.69) is 42.5 Å². The second-order valence-corrected chi connectivity index (χ2v) is 21.2. The summed E-state index contributed by atoms with van der Waals surface area (Å²) in [7, 11) is 0. The molecule has 0 radical (unpaired) electrons. The molecule has 78 heavy (non-hydrogen) atoms. The van der Waals surface area contributed by atoms with Gasteiger partial charge in [-0.2, -0.15) is 0 Å². The summed E-state index contributed by atoms with van der Waals surface area (Å²) in [4.78, 5) is 136. The van der Waals surface area contributed by atoms with Crippen LogP contribution in [-0.4, -0.2) is 141 Å². The Bertz CT molecular complexity index is 2320.